The number of carbonyl (C=O) groups is 1. The summed E-state index contributed by atoms with van der Waals surface area (Å²) in [7, 11) is 0. The smallest absolute Gasteiger partial charge is 0.304 e. The van der Waals surface area contributed by atoms with Crippen molar-refractivity contribution >= 4 is 5.97 Å². The van der Waals surface area contributed by atoms with Crippen LogP contribution >= 0.6 is 0 Å². The maximum Gasteiger partial charge on any atom is 0.304 e. The van der Waals surface area contributed by atoms with Gasteiger partial charge in [0.25, 0.3) is 0 Å². The number of halogens is 1. The highest BCUT2D eigenvalue weighted by molar-refractivity contribution is 5.68. The third-order valence-electron chi connectivity index (χ3n) is 4.25. The number of carboxylic acids is 1. The minimum Gasteiger partial charge on any atom is -0.492 e. The number of ether oxygens (including phenoxy) is 4. The quantitative estimate of drug-likeness (QED) is 0.897. The molecule has 0 aliphatic carbocycles. The molecule has 25 heavy (non-hydrogen) atoms. The molecule has 0 amide bonds. The fourth-order valence-corrected chi connectivity index (χ4v) is 3.02. The average Bonchev–Trinajstić information content (AvgIpc) is 3.20. The first-order valence-electron chi connectivity index (χ1n) is 7.80. The van der Waals surface area contributed by atoms with Crippen molar-refractivity contribution < 1.29 is 33.2 Å². The molecule has 0 fully saturated rings. The van der Waals surface area contributed by atoms with E-state index in [0.717, 1.165) is 5.56 Å². The van der Waals surface area contributed by atoms with E-state index in [9.17, 15) is 9.18 Å². The summed E-state index contributed by atoms with van der Waals surface area (Å²) in [6.45, 7) is 0.371. The van der Waals surface area contributed by atoms with Gasteiger partial charge >= 0.3 is 5.97 Å². The van der Waals surface area contributed by atoms with E-state index >= 15 is 0 Å². The van der Waals surface area contributed by atoms with Gasteiger partial charge in [-0.3, -0.25) is 4.79 Å². The standard InChI is InChI=1S/C18H15FO6/c19-14-3-4-15-18(25-9-24-15)13(14)8-22-11-1-2-12-10(5-17(20)21)7-23-16(12)6-11/h1-4,6,10H,5,7-9H2,(H,20,21). The van der Waals surface area contributed by atoms with Crippen LogP contribution in [0.3, 0.4) is 0 Å². The molecule has 0 radical (unpaired) electrons. The highest BCUT2D eigenvalue weighted by Gasteiger charge is 2.27. The third kappa shape index (κ3) is 2.93. The van der Waals surface area contributed by atoms with E-state index in [-0.39, 0.29) is 25.7 Å². The van der Waals surface area contributed by atoms with E-state index in [2.05, 4.69) is 0 Å². The third-order valence-corrected chi connectivity index (χ3v) is 4.25. The lowest BCUT2D eigenvalue weighted by atomic mass is 9.98. The van der Waals surface area contributed by atoms with Crippen LogP contribution in [0.2, 0.25) is 0 Å². The Labute approximate surface area is 142 Å². The molecule has 0 bridgehead atoms. The summed E-state index contributed by atoms with van der Waals surface area (Å²) in [5, 5.41) is 8.93. The Hall–Kier alpha value is -2.96. The number of benzene rings is 2. The Morgan fingerprint density at radius 1 is 1.20 bits per heavy atom. The first kappa shape index (κ1) is 15.6. The van der Waals surface area contributed by atoms with Crippen LogP contribution in [0.4, 0.5) is 4.39 Å². The van der Waals surface area contributed by atoms with Gasteiger partial charge in [-0.1, -0.05) is 6.07 Å². The molecule has 1 unspecified atom stereocenters. The Balaban J connectivity index is 1.50. The second kappa shape index (κ2) is 6.16. The zero-order valence-corrected chi connectivity index (χ0v) is 13.2. The fourth-order valence-electron chi connectivity index (χ4n) is 3.02. The number of hydrogen-bond acceptors (Lipinski definition) is 5. The van der Waals surface area contributed by atoms with Gasteiger partial charge < -0.3 is 24.1 Å². The summed E-state index contributed by atoms with van der Waals surface area (Å²) in [6, 6.07) is 8.04. The van der Waals surface area contributed by atoms with Gasteiger partial charge in [0, 0.05) is 17.5 Å². The molecule has 2 aromatic carbocycles. The largest absolute Gasteiger partial charge is 0.492 e. The van der Waals surface area contributed by atoms with Gasteiger partial charge in [-0.2, -0.15) is 0 Å². The Morgan fingerprint density at radius 2 is 2.08 bits per heavy atom. The van der Waals surface area contributed by atoms with Crippen LogP contribution in [0, 0.1) is 5.82 Å². The Bertz CT molecular complexity index is 835. The zero-order chi connectivity index (χ0) is 17.4. The Morgan fingerprint density at radius 3 is 2.92 bits per heavy atom. The maximum absolute atomic E-state index is 14.0. The monoisotopic (exact) mass is 346 g/mol. The van der Waals surface area contributed by atoms with E-state index in [4.69, 9.17) is 24.1 Å². The summed E-state index contributed by atoms with van der Waals surface area (Å²) in [4.78, 5) is 10.9. The van der Waals surface area contributed by atoms with Crippen LogP contribution in [-0.2, 0) is 11.4 Å². The van der Waals surface area contributed by atoms with Crippen molar-refractivity contribution in [3.05, 3.63) is 47.3 Å². The summed E-state index contributed by atoms with van der Waals surface area (Å²) < 4.78 is 35.8. The molecule has 7 heteroatoms. The van der Waals surface area contributed by atoms with Gasteiger partial charge in [0.1, 0.15) is 23.9 Å². The molecule has 2 aliphatic heterocycles. The molecular weight excluding hydrogens is 331 g/mol. The van der Waals surface area contributed by atoms with Gasteiger partial charge in [0.2, 0.25) is 6.79 Å². The van der Waals surface area contributed by atoms with Crippen LogP contribution in [0.15, 0.2) is 30.3 Å². The maximum atomic E-state index is 14.0. The molecule has 2 aromatic rings. The summed E-state index contributed by atoms with van der Waals surface area (Å²) in [5.41, 5.74) is 1.14. The van der Waals surface area contributed by atoms with Crippen molar-refractivity contribution in [2.45, 2.75) is 18.9 Å². The van der Waals surface area contributed by atoms with Crippen molar-refractivity contribution in [1.29, 1.82) is 0 Å². The van der Waals surface area contributed by atoms with Crippen molar-refractivity contribution in [3.8, 4) is 23.0 Å². The molecule has 0 saturated carbocycles. The molecule has 0 aromatic heterocycles. The van der Waals surface area contributed by atoms with Gasteiger partial charge in [0.15, 0.2) is 11.5 Å². The summed E-state index contributed by atoms with van der Waals surface area (Å²) in [6.07, 6.45) is 0.0197. The number of fused-ring (bicyclic) bond motifs is 2. The van der Waals surface area contributed by atoms with Crippen LogP contribution < -0.4 is 18.9 Å². The molecule has 0 saturated heterocycles. The van der Waals surface area contributed by atoms with Crippen LogP contribution in [-0.4, -0.2) is 24.5 Å². The van der Waals surface area contributed by atoms with Crippen LogP contribution in [0.25, 0.3) is 0 Å². The number of rotatable bonds is 5. The Kier molecular flexibility index (Phi) is 3.83. The van der Waals surface area contributed by atoms with Crippen molar-refractivity contribution in [2.24, 2.45) is 0 Å². The van der Waals surface area contributed by atoms with Crippen LogP contribution in [0.5, 0.6) is 23.0 Å². The lowest BCUT2D eigenvalue weighted by Crippen LogP contribution is -2.07. The fraction of sp³-hybridized carbons (Fsp3) is 0.278. The van der Waals surface area contributed by atoms with Gasteiger partial charge in [-0.25, -0.2) is 4.39 Å². The van der Waals surface area contributed by atoms with Crippen molar-refractivity contribution in [3.63, 3.8) is 0 Å². The lowest BCUT2D eigenvalue weighted by molar-refractivity contribution is -0.137. The molecule has 4 rings (SSSR count). The SMILES string of the molecule is O=C(O)CC1COc2cc(OCc3c(F)ccc4c3OCO4)ccc21. The normalized spacial score (nSPS) is 17.1. The summed E-state index contributed by atoms with van der Waals surface area (Å²) in [5.74, 6) is 0.503. The molecule has 2 aliphatic rings. The number of hydrogen-bond donors (Lipinski definition) is 1. The topological polar surface area (TPSA) is 74.2 Å². The van der Waals surface area contributed by atoms with E-state index in [1.165, 1.54) is 12.1 Å². The molecular formula is C18H15FO6. The number of aliphatic carboxylic acids is 1. The molecule has 6 nitrogen and oxygen atoms in total. The lowest BCUT2D eigenvalue weighted by Gasteiger charge is -2.11. The summed E-state index contributed by atoms with van der Waals surface area (Å²) >= 11 is 0. The average molecular weight is 346 g/mol. The van der Waals surface area contributed by atoms with E-state index in [1.54, 1.807) is 18.2 Å². The molecule has 0 spiro atoms. The molecule has 1 N–H and O–H groups in total. The van der Waals surface area contributed by atoms with Crippen molar-refractivity contribution in [2.75, 3.05) is 13.4 Å². The predicted molar refractivity (Wildman–Crippen MR) is 83.8 cm³/mol. The minimum atomic E-state index is -0.864. The molecule has 2 heterocycles. The van der Waals surface area contributed by atoms with E-state index in [1.807, 2.05) is 0 Å². The zero-order valence-electron chi connectivity index (χ0n) is 13.2. The van der Waals surface area contributed by atoms with E-state index in [0.29, 0.717) is 35.2 Å². The highest BCUT2D eigenvalue weighted by atomic mass is 19.1. The van der Waals surface area contributed by atoms with Gasteiger partial charge in [-0.05, 0) is 18.2 Å². The van der Waals surface area contributed by atoms with E-state index < -0.39 is 11.8 Å². The van der Waals surface area contributed by atoms with Crippen molar-refractivity contribution in [1.82, 2.24) is 0 Å². The molecule has 1 atom stereocenters. The molecule has 130 valence electrons. The van der Waals surface area contributed by atoms with Crippen LogP contribution in [0.1, 0.15) is 23.5 Å². The predicted octanol–water partition coefficient (Wildman–Crippen LogP) is 3.08. The second-order valence-electron chi connectivity index (χ2n) is 5.85. The highest BCUT2D eigenvalue weighted by Crippen LogP contribution is 2.40. The first-order chi connectivity index (χ1) is 12.1. The number of carboxylic acid groups (broad SMARTS) is 1. The minimum absolute atomic E-state index is 0.0181. The van der Waals surface area contributed by atoms with Gasteiger partial charge in [0.05, 0.1) is 18.6 Å². The second-order valence-corrected chi connectivity index (χ2v) is 5.85. The first-order valence-corrected chi connectivity index (χ1v) is 7.80. The van der Waals surface area contributed by atoms with Gasteiger partial charge in [-0.15, -0.1) is 0 Å².